The van der Waals surface area contributed by atoms with E-state index in [1.807, 2.05) is 0 Å². The Labute approximate surface area is 119 Å². The lowest BCUT2D eigenvalue weighted by Crippen LogP contribution is -2.51. The molecular formula is C14H12N2O5. The highest BCUT2D eigenvalue weighted by Crippen LogP contribution is 2.34. The molecule has 1 fully saturated rings. The van der Waals surface area contributed by atoms with Crippen molar-refractivity contribution in [2.45, 2.75) is 18.6 Å². The van der Waals surface area contributed by atoms with E-state index >= 15 is 0 Å². The number of nitrogens with zero attached hydrogens (tertiary/aromatic N) is 2. The molecule has 1 aliphatic rings. The molecule has 2 atom stereocenters. The van der Waals surface area contributed by atoms with Crippen LogP contribution in [0.25, 0.3) is 10.9 Å². The van der Waals surface area contributed by atoms with Crippen molar-refractivity contribution in [1.29, 1.82) is 0 Å². The first kappa shape index (κ1) is 13.4. The number of fused-ring (bicyclic) bond motifs is 1. The summed E-state index contributed by atoms with van der Waals surface area (Å²) in [5.41, 5.74) is 0.186. The number of carbonyl (C=O) groups excluding carboxylic acids is 1. The number of aromatic nitrogens is 1. The second-order valence-electron chi connectivity index (χ2n) is 4.72. The van der Waals surface area contributed by atoms with Crippen molar-refractivity contribution in [2.24, 2.45) is 0 Å². The molecule has 7 heteroatoms. The van der Waals surface area contributed by atoms with E-state index in [0.29, 0.717) is 11.1 Å². The summed E-state index contributed by atoms with van der Waals surface area (Å²) in [6.07, 6.45) is 0.820. The number of rotatable bonds is 4. The van der Waals surface area contributed by atoms with Crippen LogP contribution in [0.5, 0.6) is 5.75 Å². The molecule has 1 aliphatic carbocycles. The van der Waals surface area contributed by atoms with Crippen molar-refractivity contribution in [3.05, 3.63) is 40.6 Å². The van der Waals surface area contributed by atoms with Gasteiger partial charge >= 0.3 is 0 Å². The molecule has 0 saturated heterocycles. The van der Waals surface area contributed by atoms with Gasteiger partial charge in [-0.15, -0.1) is 0 Å². The van der Waals surface area contributed by atoms with Crippen LogP contribution in [0, 0.1) is 10.1 Å². The van der Waals surface area contributed by atoms with Gasteiger partial charge in [-0.3, -0.25) is 14.9 Å². The van der Waals surface area contributed by atoms with Crippen LogP contribution in [-0.4, -0.2) is 35.0 Å². The molecule has 0 aliphatic heterocycles. The lowest BCUT2D eigenvalue weighted by atomic mass is 9.90. The summed E-state index contributed by atoms with van der Waals surface area (Å²) in [5, 5.41) is 11.6. The number of hydrogen-bond acceptors (Lipinski definition) is 6. The maximum atomic E-state index is 11.4. The molecular weight excluding hydrogens is 276 g/mol. The minimum Gasteiger partial charge on any atom is -0.486 e. The number of Topliss-reactive ketones (excluding diaryl/α,β-unsaturated/α-hetero) is 1. The average molecular weight is 288 g/mol. The van der Waals surface area contributed by atoms with Crippen LogP contribution in [0.2, 0.25) is 0 Å². The predicted octanol–water partition coefficient (Wildman–Crippen LogP) is 1.88. The Morgan fingerprint density at radius 3 is 2.86 bits per heavy atom. The summed E-state index contributed by atoms with van der Waals surface area (Å²) in [6.45, 7) is 0. The third-order valence-corrected chi connectivity index (χ3v) is 3.49. The van der Waals surface area contributed by atoms with Crippen LogP contribution < -0.4 is 4.74 Å². The van der Waals surface area contributed by atoms with Crippen molar-refractivity contribution in [1.82, 2.24) is 4.98 Å². The quantitative estimate of drug-likeness (QED) is 0.630. The summed E-state index contributed by atoms with van der Waals surface area (Å²) in [5.74, 6) is 0.454. The first-order chi connectivity index (χ1) is 10.1. The molecule has 0 N–H and O–H groups in total. The van der Waals surface area contributed by atoms with E-state index in [1.165, 1.54) is 25.4 Å². The molecule has 0 spiro atoms. The van der Waals surface area contributed by atoms with Crippen molar-refractivity contribution in [3.63, 3.8) is 0 Å². The predicted molar refractivity (Wildman–Crippen MR) is 73.2 cm³/mol. The molecule has 108 valence electrons. The Morgan fingerprint density at radius 1 is 1.38 bits per heavy atom. The van der Waals surface area contributed by atoms with Crippen LogP contribution in [0.4, 0.5) is 5.69 Å². The molecule has 0 bridgehead atoms. The van der Waals surface area contributed by atoms with Crippen molar-refractivity contribution < 1.29 is 19.2 Å². The summed E-state index contributed by atoms with van der Waals surface area (Å²) in [7, 11) is 1.45. The monoisotopic (exact) mass is 288 g/mol. The Hall–Kier alpha value is -2.54. The number of pyridine rings is 1. The molecule has 1 aromatic carbocycles. The Morgan fingerprint density at radius 2 is 2.19 bits per heavy atom. The first-order valence-electron chi connectivity index (χ1n) is 6.36. The molecule has 7 nitrogen and oxygen atoms in total. The molecule has 2 unspecified atom stereocenters. The molecule has 2 aromatic rings. The van der Waals surface area contributed by atoms with Gasteiger partial charge in [0.25, 0.3) is 5.69 Å². The number of hydrogen-bond donors (Lipinski definition) is 0. The smallest absolute Gasteiger partial charge is 0.295 e. The van der Waals surface area contributed by atoms with Crippen LogP contribution in [0.15, 0.2) is 30.5 Å². The maximum absolute atomic E-state index is 11.4. The van der Waals surface area contributed by atoms with Gasteiger partial charge in [0.05, 0.1) is 4.92 Å². The number of benzene rings is 1. The van der Waals surface area contributed by atoms with Gasteiger partial charge < -0.3 is 9.47 Å². The van der Waals surface area contributed by atoms with Gasteiger partial charge in [0, 0.05) is 31.2 Å². The fourth-order valence-corrected chi connectivity index (χ4v) is 2.40. The second-order valence-corrected chi connectivity index (χ2v) is 4.72. The SMILES string of the molecule is COC1C(=O)CC1Oc1ccc([N+](=O)[O-])c2ncccc12. The number of methoxy groups -OCH3 is 1. The Balaban J connectivity index is 1.99. The van der Waals surface area contributed by atoms with Crippen molar-refractivity contribution >= 4 is 22.4 Å². The van der Waals surface area contributed by atoms with Crippen LogP contribution in [0.3, 0.4) is 0 Å². The zero-order chi connectivity index (χ0) is 15.0. The molecule has 1 saturated carbocycles. The van der Waals surface area contributed by atoms with E-state index in [2.05, 4.69) is 4.98 Å². The number of ether oxygens (including phenoxy) is 2. The first-order valence-corrected chi connectivity index (χ1v) is 6.36. The maximum Gasteiger partial charge on any atom is 0.295 e. The molecule has 1 heterocycles. The Bertz CT molecular complexity index is 730. The highest BCUT2D eigenvalue weighted by atomic mass is 16.6. The topological polar surface area (TPSA) is 91.6 Å². The fourth-order valence-electron chi connectivity index (χ4n) is 2.40. The zero-order valence-electron chi connectivity index (χ0n) is 11.2. The van der Waals surface area contributed by atoms with Gasteiger partial charge in [-0.25, -0.2) is 4.98 Å². The number of non-ortho nitro benzene ring substituents is 1. The molecule has 21 heavy (non-hydrogen) atoms. The van der Waals surface area contributed by atoms with Crippen LogP contribution in [0.1, 0.15) is 6.42 Å². The van der Waals surface area contributed by atoms with Gasteiger partial charge in [-0.05, 0) is 18.2 Å². The lowest BCUT2D eigenvalue weighted by molar-refractivity contribution is -0.383. The van der Waals surface area contributed by atoms with Crippen LogP contribution in [-0.2, 0) is 9.53 Å². The molecule has 0 radical (unpaired) electrons. The average Bonchev–Trinajstić information content (AvgIpc) is 2.46. The van der Waals surface area contributed by atoms with Crippen molar-refractivity contribution in [2.75, 3.05) is 7.11 Å². The van der Waals surface area contributed by atoms with Crippen LogP contribution >= 0.6 is 0 Å². The van der Waals surface area contributed by atoms with Crippen molar-refractivity contribution in [3.8, 4) is 5.75 Å². The molecule has 0 amide bonds. The highest BCUT2D eigenvalue weighted by Gasteiger charge is 2.42. The van der Waals surface area contributed by atoms with E-state index in [1.54, 1.807) is 12.1 Å². The minimum atomic E-state index is -0.577. The van der Waals surface area contributed by atoms with E-state index in [0.717, 1.165) is 0 Å². The summed E-state index contributed by atoms with van der Waals surface area (Å²) in [4.78, 5) is 25.9. The fraction of sp³-hybridized carbons (Fsp3) is 0.286. The third-order valence-electron chi connectivity index (χ3n) is 3.49. The van der Waals surface area contributed by atoms with Gasteiger partial charge in [-0.1, -0.05) is 0 Å². The lowest BCUT2D eigenvalue weighted by Gasteiger charge is -2.33. The number of carbonyl (C=O) groups is 1. The van der Waals surface area contributed by atoms with Gasteiger partial charge in [0.1, 0.15) is 11.9 Å². The molecule has 3 rings (SSSR count). The normalized spacial score (nSPS) is 21.1. The third kappa shape index (κ3) is 2.21. The second kappa shape index (κ2) is 5.10. The Kier molecular flexibility index (Phi) is 3.26. The summed E-state index contributed by atoms with van der Waals surface area (Å²) < 4.78 is 10.8. The summed E-state index contributed by atoms with van der Waals surface area (Å²) in [6, 6.07) is 6.26. The van der Waals surface area contributed by atoms with E-state index < -0.39 is 11.0 Å². The van der Waals surface area contributed by atoms with Gasteiger partial charge in [-0.2, -0.15) is 0 Å². The van der Waals surface area contributed by atoms with Gasteiger partial charge in [0.2, 0.25) is 0 Å². The zero-order valence-corrected chi connectivity index (χ0v) is 11.2. The summed E-state index contributed by atoms with van der Waals surface area (Å²) >= 11 is 0. The van der Waals surface area contributed by atoms with E-state index in [9.17, 15) is 14.9 Å². The molecule has 1 aromatic heterocycles. The number of nitro groups is 1. The van der Waals surface area contributed by atoms with Gasteiger partial charge in [0.15, 0.2) is 17.4 Å². The minimum absolute atomic E-state index is 0.00755. The van der Waals surface area contributed by atoms with E-state index in [-0.39, 0.29) is 29.5 Å². The number of nitro benzene ring substituents is 1. The highest BCUT2D eigenvalue weighted by molar-refractivity contribution is 5.93. The van der Waals surface area contributed by atoms with E-state index in [4.69, 9.17) is 9.47 Å². The standard InChI is InChI=1S/C14H12N2O5/c1-20-14-10(17)7-12(14)21-11-5-4-9(16(18)19)13-8(11)3-2-6-15-13/h2-6,12,14H,7H2,1H3. The number of ketones is 1. The largest absolute Gasteiger partial charge is 0.486 e.